The SMILES string of the molecule is COCC(CO)NC(=O)CCCSc1ccccc1. The minimum absolute atomic E-state index is 0.0373. The molecule has 1 amide bonds. The van der Waals surface area contributed by atoms with E-state index < -0.39 is 0 Å². The molecule has 0 heterocycles. The largest absolute Gasteiger partial charge is 0.394 e. The van der Waals surface area contributed by atoms with Gasteiger partial charge in [0.25, 0.3) is 0 Å². The van der Waals surface area contributed by atoms with Crippen LogP contribution in [0.25, 0.3) is 0 Å². The zero-order chi connectivity index (χ0) is 13.9. The molecule has 0 fully saturated rings. The summed E-state index contributed by atoms with van der Waals surface area (Å²) in [6, 6.07) is 9.81. The van der Waals surface area contributed by atoms with Crippen LogP contribution in [-0.4, -0.2) is 43.1 Å². The third kappa shape index (κ3) is 7.20. The summed E-state index contributed by atoms with van der Waals surface area (Å²) in [5.74, 6) is 0.871. The van der Waals surface area contributed by atoms with Crippen LogP contribution in [0, 0.1) is 0 Å². The monoisotopic (exact) mass is 283 g/mol. The van der Waals surface area contributed by atoms with Gasteiger partial charge in [0.1, 0.15) is 0 Å². The van der Waals surface area contributed by atoms with Crippen molar-refractivity contribution in [3.63, 3.8) is 0 Å². The number of ether oxygens (including phenoxy) is 1. The molecule has 2 N–H and O–H groups in total. The lowest BCUT2D eigenvalue weighted by Crippen LogP contribution is -2.40. The maximum absolute atomic E-state index is 11.6. The summed E-state index contributed by atoms with van der Waals surface area (Å²) in [5, 5.41) is 11.8. The Hall–Kier alpha value is -1.04. The molecule has 1 rings (SSSR count). The van der Waals surface area contributed by atoms with E-state index in [2.05, 4.69) is 17.4 Å². The highest BCUT2D eigenvalue weighted by molar-refractivity contribution is 7.99. The topological polar surface area (TPSA) is 58.6 Å². The molecule has 19 heavy (non-hydrogen) atoms. The second-order valence-electron chi connectivity index (χ2n) is 4.17. The quantitative estimate of drug-likeness (QED) is 0.535. The van der Waals surface area contributed by atoms with Crippen LogP contribution in [0.4, 0.5) is 0 Å². The van der Waals surface area contributed by atoms with Crippen molar-refractivity contribution in [3.8, 4) is 0 Å². The van der Waals surface area contributed by atoms with Crippen molar-refractivity contribution in [2.75, 3.05) is 26.1 Å². The number of benzene rings is 1. The first-order valence-corrected chi connectivity index (χ1v) is 7.32. The molecular weight excluding hydrogens is 262 g/mol. The molecule has 0 aromatic heterocycles. The minimum atomic E-state index is -0.306. The molecule has 0 aliphatic rings. The Labute approximate surface area is 118 Å². The van der Waals surface area contributed by atoms with Gasteiger partial charge in [0, 0.05) is 18.4 Å². The molecule has 0 aliphatic heterocycles. The van der Waals surface area contributed by atoms with Gasteiger partial charge in [-0.05, 0) is 24.3 Å². The standard InChI is InChI=1S/C14H21NO3S/c1-18-11-12(10-16)15-14(17)8-5-9-19-13-6-3-2-4-7-13/h2-4,6-7,12,16H,5,8-11H2,1H3,(H,15,17). The van der Waals surface area contributed by atoms with Gasteiger partial charge < -0.3 is 15.2 Å². The van der Waals surface area contributed by atoms with Crippen molar-refractivity contribution in [1.82, 2.24) is 5.32 Å². The third-order valence-corrected chi connectivity index (χ3v) is 3.61. The number of aliphatic hydroxyl groups excluding tert-OH is 1. The van der Waals surface area contributed by atoms with Crippen LogP contribution in [0.5, 0.6) is 0 Å². The van der Waals surface area contributed by atoms with Gasteiger partial charge in [-0.15, -0.1) is 11.8 Å². The second kappa shape index (κ2) is 9.83. The summed E-state index contributed by atoms with van der Waals surface area (Å²) in [7, 11) is 1.55. The lowest BCUT2D eigenvalue weighted by molar-refractivity contribution is -0.122. The number of carbonyl (C=O) groups is 1. The first-order chi connectivity index (χ1) is 9.26. The van der Waals surface area contributed by atoms with E-state index in [1.807, 2.05) is 18.2 Å². The highest BCUT2D eigenvalue weighted by atomic mass is 32.2. The molecule has 0 aliphatic carbocycles. The van der Waals surface area contributed by atoms with Crippen LogP contribution in [0.15, 0.2) is 35.2 Å². The van der Waals surface area contributed by atoms with Gasteiger partial charge >= 0.3 is 0 Å². The summed E-state index contributed by atoms with van der Waals surface area (Å²) in [6.07, 6.45) is 1.29. The molecule has 0 bridgehead atoms. The van der Waals surface area contributed by atoms with E-state index >= 15 is 0 Å². The number of hydrogen-bond donors (Lipinski definition) is 2. The minimum Gasteiger partial charge on any atom is -0.394 e. The molecule has 5 heteroatoms. The summed E-state index contributed by atoms with van der Waals surface area (Å²) < 4.78 is 4.90. The molecule has 1 unspecified atom stereocenters. The molecule has 4 nitrogen and oxygen atoms in total. The maximum Gasteiger partial charge on any atom is 0.220 e. The van der Waals surface area contributed by atoms with E-state index in [9.17, 15) is 4.79 Å². The number of aliphatic hydroxyl groups is 1. The van der Waals surface area contributed by atoms with E-state index in [0.717, 1.165) is 12.2 Å². The summed E-state index contributed by atoms with van der Waals surface area (Å²) in [6.45, 7) is 0.235. The van der Waals surface area contributed by atoms with Gasteiger partial charge in [-0.1, -0.05) is 18.2 Å². The number of thioether (sulfide) groups is 1. The number of hydrogen-bond acceptors (Lipinski definition) is 4. The van der Waals surface area contributed by atoms with Crippen molar-refractivity contribution in [2.24, 2.45) is 0 Å². The normalized spacial score (nSPS) is 12.1. The van der Waals surface area contributed by atoms with Crippen LogP contribution >= 0.6 is 11.8 Å². The lowest BCUT2D eigenvalue weighted by atomic mass is 10.3. The highest BCUT2D eigenvalue weighted by Gasteiger charge is 2.10. The maximum atomic E-state index is 11.6. The molecule has 0 radical (unpaired) electrons. The van der Waals surface area contributed by atoms with Crippen molar-refractivity contribution < 1.29 is 14.6 Å². The van der Waals surface area contributed by atoms with Crippen molar-refractivity contribution >= 4 is 17.7 Å². The highest BCUT2D eigenvalue weighted by Crippen LogP contribution is 2.18. The van der Waals surface area contributed by atoms with Gasteiger partial charge in [-0.25, -0.2) is 0 Å². The average Bonchev–Trinajstić information content (AvgIpc) is 2.44. The predicted molar refractivity (Wildman–Crippen MR) is 77.3 cm³/mol. The predicted octanol–water partition coefficient (Wildman–Crippen LogP) is 1.68. The fourth-order valence-corrected chi connectivity index (χ4v) is 2.45. The summed E-state index contributed by atoms with van der Waals surface area (Å²) in [4.78, 5) is 12.8. The van der Waals surface area contributed by atoms with Gasteiger partial charge in [-0.2, -0.15) is 0 Å². The summed E-state index contributed by atoms with van der Waals surface area (Å²) >= 11 is 1.74. The van der Waals surface area contributed by atoms with Crippen LogP contribution < -0.4 is 5.32 Å². The van der Waals surface area contributed by atoms with Crippen molar-refractivity contribution in [3.05, 3.63) is 30.3 Å². The Morgan fingerprint density at radius 1 is 1.42 bits per heavy atom. The fraction of sp³-hybridized carbons (Fsp3) is 0.500. The Balaban J connectivity index is 2.13. The number of nitrogens with one attached hydrogen (secondary N) is 1. The van der Waals surface area contributed by atoms with Crippen LogP contribution in [0.1, 0.15) is 12.8 Å². The second-order valence-corrected chi connectivity index (χ2v) is 5.34. The van der Waals surface area contributed by atoms with Gasteiger partial charge in [0.05, 0.1) is 19.3 Å². The van der Waals surface area contributed by atoms with Gasteiger partial charge in [-0.3, -0.25) is 4.79 Å². The van der Waals surface area contributed by atoms with E-state index in [4.69, 9.17) is 9.84 Å². The van der Waals surface area contributed by atoms with Crippen LogP contribution in [-0.2, 0) is 9.53 Å². The number of rotatable bonds is 9. The fourth-order valence-electron chi connectivity index (χ4n) is 1.58. The molecule has 1 aromatic rings. The van der Waals surface area contributed by atoms with Crippen LogP contribution in [0.2, 0.25) is 0 Å². The Morgan fingerprint density at radius 2 is 2.16 bits per heavy atom. The number of amides is 1. The zero-order valence-corrected chi connectivity index (χ0v) is 12.0. The molecule has 1 aromatic carbocycles. The Bertz CT molecular complexity index is 359. The zero-order valence-electron chi connectivity index (χ0n) is 11.2. The number of methoxy groups -OCH3 is 1. The van der Waals surface area contributed by atoms with Gasteiger partial charge in [0.15, 0.2) is 0 Å². The van der Waals surface area contributed by atoms with Gasteiger partial charge in [0.2, 0.25) is 5.91 Å². The van der Waals surface area contributed by atoms with Crippen LogP contribution in [0.3, 0.4) is 0 Å². The molecule has 106 valence electrons. The Kier molecular flexibility index (Phi) is 8.29. The van der Waals surface area contributed by atoms with Crippen molar-refractivity contribution in [2.45, 2.75) is 23.8 Å². The first kappa shape index (κ1) is 16.0. The molecular formula is C14H21NO3S. The summed E-state index contributed by atoms with van der Waals surface area (Å²) in [5.41, 5.74) is 0. The lowest BCUT2D eigenvalue weighted by Gasteiger charge is -2.14. The smallest absolute Gasteiger partial charge is 0.220 e. The van der Waals surface area contributed by atoms with E-state index in [0.29, 0.717) is 13.0 Å². The van der Waals surface area contributed by atoms with E-state index in [-0.39, 0.29) is 18.6 Å². The molecule has 1 atom stereocenters. The third-order valence-electron chi connectivity index (χ3n) is 2.51. The van der Waals surface area contributed by atoms with E-state index in [1.54, 1.807) is 18.9 Å². The van der Waals surface area contributed by atoms with E-state index in [1.165, 1.54) is 4.90 Å². The average molecular weight is 283 g/mol. The molecule has 0 saturated heterocycles. The Morgan fingerprint density at radius 3 is 2.79 bits per heavy atom. The van der Waals surface area contributed by atoms with Crippen molar-refractivity contribution in [1.29, 1.82) is 0 Å². The molecule has 0 spiro atoms. The number of carbonyl (C=O) groups excluding carboxylic acids is 1. The molecule has 0 saturated carbocycles. The first-order valence-electron chi connectivity index (χ1n) is 6.33.